The summed E-state index contributed by atoms with van der Waals surface area (Å²) in [6.07, 6.45) is 3.60. The predicted octanol–water partition coefficient (Wildman–Crippen LogP) is 2.49. The van der Waals surface area contributed by atoms with Gasteiger partial charge in [0.25, 0.3) is 0 Å². The number of aliphatic hydroxyl groups excluding tert-OH is 1. The average Bonchev–Trinajstić information content (AvgIpc) is 2.12. The van der Waals surface area contributed by atoms with E-state index in [1.54, 1.807) is 0 Å². The molecule has 1 saturated carbocycles. The number of hydrogen-bond donors (Lipinski definition) is 1. The molecule has 1 aliphatic carbocycles. The van der Waals surface area contributed by atoms with E-state index in [1.807, 2.05) is 0 Å². The first-order valence-corrected chi connectivity index (χ1v) is 8.38. The molecule has 0 aromatic carbocycles. The van der Waals surface area contributed by atoms with Gasteiger partial charge in [-0.15, -0.1) is 0 Å². The van der Waals surface area contributed by atoms with Crippen LogP contribution in [-0.4, -0.2) is 19.3 Å². The Balaban J connectivity index is 2.37. The van der Waals surface area contributed by atoms with Crippen molar-refractivity contribution in [3.8, 4) is 0 Å². The maximum absolute atomic E-state index is 9.57. The smallest absolute Gasteiger partial charge is 0.0565 e. The molecule has 0 heterocycles. The van der Waals surface area contributed by atoms with E-state index in [4.69, 9.17) is 0 Å². The van der Waals surface area contributed by atoms with Crippen LogP contribution in [0.25, 0.3) is 0 Å². The largest absolute Gasteiger partial charge is 0.393 e. The van der Waals surface area contributed by atoms with Gasteiger partial charge in [0.2, 0.25) is 0 Å². The molecule has 0 aromatic rings. The van der Waals surface area contributed by atoms with E-state index < -0.39 is 8.07 Å². The van der Waals surface area contributed by atoms with Gasteiger partial charge in [0.15, 0.2) is 0 Å². The van der Waals surface area contributed by atoms with E-state index >= 15 is 0 Å². The minimum Gasteiger partial charge on any atom is -0.393 e. The summed E-state index contributed by atoms with van der Waals surface area (Å²) in [6.45, 7) is 7.16. The maximum atomic E-state index is 9.57. The molecule has 1 N–H and O–H groups in total. The Hall–Kier alpha value is 0.177. The average molecular weight is 172 g/mol. The summed E-state index contributed by atoms with van der Waals surface area (Å²) >= 11 is 0. The van der Waals surface area contributed by atoms with E-state index in [0.29, 0.717) is 5.92 Å². The van der Waals surface area contributed by atoms with Gasteiger partial charge in [0.1, 0.15) is 0 Å². The highest BCUT2D eigenvalue weighted by Crippen LogP contribution is 2.32. The van der Waals surface area contributed by atoms with Crippen molar-refractivity contribution in [3.05, 3.63) is 0 Å². The molecule has 2 atom stereocenters. The van der Waals surface area contributed by atoms with Gasteiger partial charge < -0.3 is 5.11 Å². The van der Waals surface area contributed by atoms with Crippen LogP contribution in [-0.2, 0) is 0 Å². The van der Waals surface area contributed by atoms with Crippen LogP contribution in [0.3, 0.4) is 0 Å². The first kappa shape index (κ1) is 9.27. The third kappa shape index (κ3) is 2.95. The van der Waals surface area contributed by atoms with Crippen molar-refractivity contribution < 1.29 is 5.11 Å². The van der Waals surface area contributed by atoms with Crippen LogP contribution in [0.1, 0.15) is 19.3 Å². The van der Waals surface area contributed by atoms with E-state index in [9.17, 15) is 5.11 Å². The first-order chi connectivity index (χ1) is 4.99. The number of rotatable bonds is 2. The predicted molar refractivity (Wildman–Crippen MR) is 51.5 cm³/mol. The Morgan fingerprint density at radius 2 is 1.91 bits per heavy atom. The summed E-state index contributed by atoms with van der Waals surface area (Å²) in [7, 11) is -0.924. The highest BCUT2D eigenvalue weighted by molar-refractivity contribution is 6.76. The zero-order chi connectivity index (χ0) is 8.48. The lowest BCUT2D eigenvalue weighted by Gasteiger charge is -2.23. The number of hydrogen-bond acceptors (Lipinski definition) is 1. The molecule has 66 valence electrons. The molecular formula is C9H20OSi. The van der Waals surface area contributed by atoms with Crippen molar-refractivity contribution in [2.24, 2.45) is 5.92 Å². The number of aliphatic hydroxyl groups is 1. The molecule has 0 aliphatic heterocycles. The van der Waals surface area contributed by atoms with Crippen molar-refractivity contribution in [1.29, 1.82) is 0 Å². The maximum Gasteiger partial charge on any atom is 0.0565 e. The fourth-order valence-corrected chi connectivity index (χ4v) is 4.09. The summed E-state index contributed by atoms with van der Waals surface area (Å²) in [4.78, 5) is 0. The Kier molecular flexibility index (Phi) is 2.76. The monoisotopic (exact) mass is 172 g/mol. The third-order valence-electron chi connectivity index (χ3n) is 2.49. The molecule has 0 spiro atoms. The van der Waals surface area contributed by atoms with Crippen LogP contribution in [0, 0.1) is 5.92 Å². The molecule has 1 fully saturated rings. The standard InChI is InChI=1S/C9H20OSi/c1-11(2,3)7-8-5-4-6-9(8)10/h8-10H,4-7H2,1-3H3. The van der Waals surface area contributed by atoms with Crippen molar-refractivity contribution in [1.82, 2.24) is 0 Å². The zero-order valence-electron chi connectivity index (χ0n) is 7.93. The minimum atomic E-state index is -0.924. The van der Waals surface area contributed by atoms with Gasteiger partial charge in [-0.25, -0.2) is 0 Å². The molecule has 0 bridgehead atoms. The van der Waals surface area contributed by atoms with Gasteiger partial charge in [0, 0.05) is 8.07 Å². The van der Waals surface area contributed by atoms with E-state index in [-0.39, 0.29) is 6.10 Å². The van der Waals surface area contributed by atoms with Crippen LogP contribution in [0.5, 0.6) is 0 Å². The van der Waals surface area contributed by atoms with Crippen LogP contribution < -0.4 is 0 Å². The minimum absolute atomic E-state index is 0.0294. The third-order valence-corrected chi connectivity index (χ3v) is 4.24. The van der Waals surface area contributed by atoms with Gasteiger partial charge in [-0.2, -0.15) is 0 Å². The molecule has 0 saturated heterocycles. The molecule has 11 heavy (non-hydrogen) atoms. The van der Waals surface area contributed by atoms with Gasteiger partial charge in [-0.05, 0) is 18.8 Å². The van der Waals surface area contributed by atoms with Crippen LogP contribution in [0.4, 0.5) is 0 Å². The van der Waals surface area contributed by atoms with Crippen molar-refractivity contribution in [2.45, 2.75) is 51.1 Å². The lowest BCUT2D eigenvalue weighted by Crippen LogP contribution is -2.27. The molecule has 2 unspecified atom stereocenters. The van der Waals surface area contributed by atoms with Gasteiger partial charge >= 0.3 is 0 Å². The topological polar surface area (TPSA) is 20.2 Å². The quantitative estimate of drug-likeness (QED) is 0.635. The second-order valence-corrected chi connectivity index (χ2v) is 10.6. The molecule has 1 nitrogen and oxygen atoms in total. The van der Waals surface area contributed by atoms with Crippen molar-refractivity contribution in [3.63, 3.8) is 0 Å². The highest BCUT2D eigenvalue weighted by atomic mass is 28.3. The summed E-state index contributed by atoms with van der Waals surface area (Å²) in [5, 5.41) is 9.57. The van der Waals surface area contributed by atoms with Crippen LogP contribution >= 0.6 is 0 Å². The van der Waals surface area contributed by atoms with Crippen molar-refractivity contribution in [2.75, 3.05) is 0 Å². The summed E-state index contributed by atoms with van der Waals surface area (Å²) in [6, 6.07) is 1.31. The van der Waals surface area contributed by atoms with Crippen LogP contribution in [0.15, 0.2) is 0 Å². The Bertz CT molecular complexity index is 128. The zero-order valence-corrected chi connectivity index (χ0v) is 8.93. The lowest BCUT2D eigenvalue weighted by molar-refractivity contribution is 0.140. The van der Waals surface area contributed by atoms with Crippen LogP contribution in [0.2, 0.25) is 25.7 Å². The highest BCUT2D eigenvalue weighted by Gasteiger charge is 2.29. The molecular weight excluding hydrogens is 152 g/mol. The fourth-order valence-electron chi connectivity index (χ4n) is 2.04. The molecule has 0 aromatic heterocycles. The second kappa shape index (κ2) is 3.28. The summed E-state index contributed by atoms with van der Waals surface area (Å²) < 4.78 is 0. The first-order valence-electron chi connectivity index (χ1n) is 4.67. The fraction of sp³-hybridized carbons (Fsp3) is 1.00. The molecule has 2 heteroatoms. The molecule has 0 radical (unpaired) electrons. The normalized spacial score (nSPS) is 32.7. The van der Waals surface area contributed by atoms with Crippen molar-refractivity contribution >= 4 is 8.07 Å². The summed E-state index contributed by atoms with van der Waals surface area (Å²) in [5.41, 5.74) is 0. The van der Waals surface area contributed by atoms with Gasteiger partial charge in [-0.1, -0.05) is 32.1 Å². The Morgan fingerprint density at radius 3 is 2.27 bits per heavy atom. The van der Waals surface area contributed by atoms with Gasteiger partial charge in [-0.3, -0.25) is 0 Å². The molecule has 1 rings (SSSR count). The Labute approximate surface area is 70.8 Å². The summed E-state index contributed by atoms with van der Waals surface area (Å²) in [5.74, 6) is 0.640. The Morgan fingerprint density at radius 1 is 1.27 bits per heavy atom. The SMILES string of the molecule is C[Si](C)(C)CC1CCCC1O. The second-order valence-electron chi connectivity index (χ2n) is 5.02. The lowest BCUT2D eigenvalue weighted by atomic mass is 10.1. The molecule has 0 amide bonds. The van der Waals surface area contributed by atoms with E-state index in [1.165, 1.54) is 18.9 Å². The van der Waals surface area contributed by atoms with Gasteiger partial charge in [0.05, 0.1) is 6.10 Å². The molecule has 1 aliphatic rings. The van der Waals surface area contributed by atoms with E-state index in [2.05, 4.69) is 19.6 Å². The van der Waals surface area contributed by atoms with E-state index in [0.717, 1.165) is 6.42 Å².